The van der Waals surface area contributed by atoms with E-state index in [4.69, 9.17) is 9.47 Å². The highest BCUT2D eigenvalue weighted by Crippen LogP contribution is 2.31. The third kappa shape index (κ3) is 5.98. The summed E-state index contributed by atoms with van der Waals surface area (Å²) in [4.78, 5) is 48.4. The number of benzene rings is 1. The molecule has 4 amide bonds. The third-order valence-corrected chi connectivity index (χ3v) is 3.95. The van der Waals surface area contributed by atoms with Gasteiger partial charge in [-0.2, -0.15) is 0 Å². The molecule has 2 N–H and O–H groups in total. The summed E-state index contributed by atoms with van der Waals surface area (Å²) >= 11 is 0. The molecule has 0 aromatic heterocycles. The number of nitrogens with one attached hydrogen (secondary N) is 2. The van der Waals surface area contributed by atoms with Crippen LogP contribution in [-0.4, -0.2) is 49.6 Å². The van der Waals surface area contributed by atoms with Crippen molar-refractivity contribution < 1.29 is 28.7 Å². The Labute approximate surface area is 157 Å². The minimum Gasteiger partial charge on any atom is -0.482 e. The Morgan fingerprint density at radius 3 is 2.78 bits per heavy atom. The molecule has 0 unspecified atom stereocenters. The Hall–Kier alpha value is -3.10. The van der Waals surface area contributed by atoms with Crippen molar-refractivity contribution in [2.45, 2.75) is 32.7 Å². The van der Waals surface area contributed by atoms with Crippen LogP contribution in [0.15, 0.2) is 24.3 Å². The minimum atomic E-state index is -0.725. The normalized spacial score (nSPS) is 13.9. The average Bonchev–Trinajstić information content (AvgIpc) is 2.65. The van der Waals surface area contributed by atoms with Gasteiger partial charge in [-0.25, -0.2) is 4.79 Å². The van der Waals surface area contributed by atoms with E-state index in [1.54, 1.807) is 31.2 Å². The van der Waals surface area contributed by atoms with Gasteiger partial charge in [-0.1, -0.05) is 19.1 Å². The number of amides is 4. The molecule has 0 bridgehead atoms. The number of carbonyl (C=O) groups excluding carboxylic acids is 4. The molecule has 1 aliphatic heterocycles. The number of hydrogen-bond acceptors (Lipinski definition) is 6. The van der Waals surface area contributed by atoms with Crippen molar-refractivity contribution in [1.29, 1.82) is 0 Å². The van der Waals surface area contributed by atoms with Gasteiger partial charge in [0, 0.05) is 12.6 Å². The zero-order valence-corrected chi connectivity index (χ0v) is 15.3. The van der Waals surface area contributed by atoms with Crippen LogP contribution < -0.4 is 20.3 Å². The van der Waals surface area contributed by atoms with E-state index in [0.717, 1.165) is 6.42 Å². The van der Waals surface area contributed by atoms with E-state index in [1.807, 2.05) is 6.92 Å². The number of ether oxygens (including phenoxy) is 2. The van der Waals surface area contributed by atoms with Crippen LogP contribution in [0.2, 0.25) is 0 Å². The van der Waals surface area contributed by atoms with Crippen LogP contribution >= 0.6 is 0 Å². The molecule has 1 atom stereocenters. The summed E-state index contributed by atoms with van der Waals surface area (Å²) in [5.41, 5.74) is 0.584. The second-order valence-electron chi connectivity index (χ2n) is 6.04. The van der Waals surface area contributed by atoms with Gasteiger partial charge in [0.15, 0.2) is 13.2 Å². The molecule has 146 valence electrons. The lowest BCUT2D eigenvalue weighted by Gasteiger charge is -2.28. The molecule has 0 saturated carbocycles. The fraction of sp³-hybridized carbons (Fsp3) is 0.444. The Bertz CT molecular complexity index is 721. The highest BCUT2D eigenvalue weighted by molar-refractivity contribution is 5.98. The molecule has 2 rings (SSSR count). The van der Waals surface area contributed by atoms with Crippen molar-refractivity contribution in [3.05, 3.63) is 24.3 Å². The van der Waals surface area contributed by atoms with E-state index < -0.39 is 24.5 Å². The summed E-state index contributed by atoms with van der Waals surface area (Å²) in [7, 11) is 0. The van der Waals surface area contributed by atoms with Gasteiger partial charge < -0.3 is 19.7 Å². The number of carbonyl (C=O) groups is 4. The van der Waals surface area contributed by atoms with Crippen LogP contribution in [0.3, 0.4) is 0 Å². The summed E-state index contributed by atoms with van der Waals surface area (Å²) < 4.78 is 10.2. The number of fused-ring (bicyclic) bond motifs is 1. The predicted octanol–water partition coefficient (Wildman–Crippen LogP) is 0.970. The molecule has 1 aliphatic rings. The Kier molecular flexibility index (Phi) is 7.16. The molecule has 0 spiro atoms. The van der Waals surface area contributed by atoms with Gasteiger partial charge >= 0.3 is 12.0 Å². The largest absolute Gasteiger partial charge is 0.482 e. The molecule has 9 nitrogen and oxygen atoms in total. The first-order valence-electron chi connectivity index (χ1n) is 8.68. The smallest absolute Gasteiger partial charge is 0.321 e. The number of anilines is 1. The lowest BCUT2D eigenvalue weighted by atomic mass is 10.2. The predicted molar refractivity (Wildman–Crippen MR) is 96.3 cm³/mol. The molecule has 27 heavy (non-hydrogen) atoms. The van der Waals surface area contributed by atoms with E-state index in [-0.39, 0.29) is 31.5 Å². The molecular weight excluding hydrogens is 354 g/mol. The van der Waals surface area contributed by atoms with Gasteiger partial charge in [-0.3, -0.25) is 19.7 Å². The van der Waals surface area contributed by atoms with E-state index >= 15 is 0 Å². The summed E-state index contributed by atoms with van der Waals surface area (Å²) in [6, 6.07) is 6.30. The highest BCUT2D eigenvalue weighted by atomic mass is 16.5. The van der Waals surface area contributed by atoms with Gasteiger partial charge in [-0.05, 0) is 25.5 Å². The van der Waals surface area contributed by atoms with Gasteiger partial charge in [-0.15, -0.1) is 0 Å². The van der Waals surface area contributed by atoms with Crippen molar-refractivity contribution in [1.82, 2.24) is 10.6 Å². The van der Waals surface area contributed by atoms with E-state index in [2.05, 4.69) is 10.6 Å². The fourth-order valence-corrected chi connectivity index (χ4v) is 2.35. The molecule has 0 aliphatic carbocycles. The van der Waals surface area contributed by atoms with Crippen LogP contribution in [0.4, 0.5) is 10.5 Å². The van der Waals surface area contributed by atoms with E-state index in [9.17, 15) is 19.2 Å². The number of imide groups is 1. The van der Waals surface area contributed by atoms with Crippen molar-refractivity contribution in [2.24, 2.45) is 0 Å². The van der Waals surface area contributed by atoms with Crippen LogP contribution in [-0.2, 0) is 19.1 Å². The van der Waals surface area contributed by atoms with Crippen LogP contribution in [0.5, 0.6) is 5.75 Å². The zero-order chi connectivity index (χ0) is 19.8. The number of para-hydroxylation sites is 2. The first-order chi connectivity index (χ1) is 12.9. The Morgan fingerprint density at radius 1 is 1.30 bits per heavy atom. The summed E-state index contributed by atoms with van der Waals surface area (Å²) in [5.74, 6) is -1.07. The quantitative estimate of drug-likeness (QED) is 0.685. The third-order valence-electron chi connectivity index (χ3n) is 3.95. The number of nitrogens with zero attached hydrogens (tertiary/aromatic N) is 1. The van der Waals surface area contributed by atoms with Crippen molar-refractivity contribution >= 4 is 29.5 Å². The van der Waals surface area contributed by atoms with Gasteiger partial charge in [0.2, 0.25) is 0 Å². The monoisotopic (exact) mass is 377 g/mol. The molecule has 1 aromatic carbocycles. The zero-order valence-electron chi connectivity index (χ0n) is 15.3. The van der Waals surface area contributed by atoms with E-state index in [1.165, 1.54) is 4.90 Å². The summed E-state index contributed by atoms with van der Waals surface area (Å²) in [6.07, 6.45) is 0.631. The second-order valence-corrected chi connectivity index (χ2v) is 6.04. The van der Waals surface area contributed by atoms with E-state index in [0.29, 0.717) is 11.4 Å². The Morgan fingerprint density at radius 2 is 2.04 bits per heavy atom. The van der Waals surface area contributed by atoms with Gasteiger partial charge in [0.25, 0.3) is 11.8 Å². The van der Waals surface area contributed by atoms with Crippen molar-refractivity contribution in [3.8, 4) is 5.75 Å². The second kappa shape index (κ2) is 9.56. The lowest BCUT2D eigenvalue weighted by molar-refractivity contribution is -0.148. The van der Waals surface area contributed by atoms with Crippen molar-refractivity contribution in [2.75, 3.05) is 24.7 Å². The number of esters is 1. The average molecular weight is 377 g/mol. The lowest BCUT2D eigenvalue weighted by Crippen LogP contribution is -2.44. The Balaban J connectivity index is 1.76. The number of urea groups is 1. The summed E-state index contributed by atoms with van der Waals surface area (Å²) in [6.45, 7) is 3.13. The van der Waals surface area contributed by atoms with Crippen LogP contribution in [0, 0.1) is 0 Å². The van der Waals surface area contributed by atoms with Crippen LogP contribution in [0.1, 0.15) is 26.7 Å². The molecular formula is C18H23N3O6. The van der Waals surface area contributed by atoms with Crippen LogP contribution in [0.25, 0.3) is 0 Å². The van der Waals surface area contributed by atoms with Gasteiger partial charge in [0.1, 0.15) is 5.75 Å². The van der Waals surface area contributed by atoms with Crippen molar-refractivity contribution in [3.63, 3.8) is 0 Å². The number of hydrogen-bond donors (Lipinski definition) is 2. The SMILES string of the molecule is CC[C@@H](C)NC(=O)NC(=O)COC(=O)CCN1C(=O)COc2ccccc21. The maximum absolute atomic E-state index is 12.0. The fourth-order valence-electron chi connectivity index (χ4n) is 2.35. The molecule has 9 heteroatoms. The highest BCUT2D eigenvalue weighted by Gasteiger charge is 2.25. The van der Waals surface area contributed by atoms with Gasteiger partial charge in [0.05, 0.1) is 12.1 Å². The molecule has 0 radical (unpaired) electrons. The topological polar surface area (TPSA) is 114 Å². The molecule has 1 heterocycles. The number of rotatable bonds is 7. The molecule has 0 saturated heterocycles. The molecule has 1 aromatic rings. The first-order valence-corrected chi connectivity index (χ1v) is 8.68. The minimum absolute atomic E-state index is 0.0747. The maximum Gasteiger partial charge on any atom is 0.321 e. The first kappa shape index (κ1) is 20.2. The standard InChI is InChI=1S/C18H23N3O6/c1-3-12(2)19-18(25)20-15(22)10-27-17(24)8-9-21-13-6-4-5-7-14(13)26-11-16(21)23/h4-7,12H,3,8-11H2,1-2H3,(H2,19,20,22,25)/t12-/m1/s1. The summed E-state index contributed by atoms with van der Waals surface area (Å²) in [5, 5.41) is 4.64. The molecule has 0 fully saturated rings. The maximum atomic E-state index is 12.0.